The molecule has 4 heteroatoms. The van der Waals surface area contributed by atoms with Crippen molar-refractivity contribution in [2.75, 3.05) is 0 Å². The highest BCUT2D eigenvalue weighted by Gasteiger charge is 2.19. The maximum Gasteiger partial charge on any atom is 0.355 e. The molecular formula is C17H13ClO2S. The fourth-order valence-corrected chi connectivity index (χ4v) is 3.51. The predicted molar refractivity (Wildman–Crippen MR) is 87.7 cm³/mol. The van der Waals surface area contributed by atoms with Crippen LogP contribution >= 0.6 is 22.9 Å². The number of thiophene rings is 1. The smallest absolute Gasteiger partial charge is 0.355 e. The van der Waals surface area contributed by atoms with Gasteiger partial charge in [0.15, 0.2) is 0 Å². The van der Waals surface area contributed by atoms with Crippen molar-refractivity contribution in [3.8, 4) is 5.75 Å². The van der Waals surface area contributed by atoms with Gasteiger partial charge in [-0.25, -0.2) is 4.79 Å². The number of carbonyl (C=O) groups excluding carboxylic acids is 1. The molecule has 1 heterocycles. The summed E-state index contributed by atoms with van der Waals surface area (Å²) in [5, 5.41) is 1.35. The topological polar surface area (TPSA) is 26.3 Å². The van der Waals surface area contributed by atoms with E-state index in [1.165, 1.54) is 11.3 Å². The van der Waals surface area contributed by atoms with E-state index in [0.717, 1.165) is 21.2 Å². The van der Waals surface area contributed by atoms with Gasteiger partial charge in [-0.2, -0.15) is 0 Å². The quantitative estimate of drug-likeness (QED) is 0.468. The summed E-state index contributed by atoms with van der Waals surface area (Å²) in [4.78, 5) is 12.8. The van der Waals surface area contributed by atoms with Crippen LogP contribution in [0.1, 0.15) is 20.8 Å². The Balaban J connectivity index is 1.97. The number of benzene rings is 2. The van der Waals surface area contributed by atoms with Gasteiger partial charge in [0.2, 0.25) is 0 Å². The molecule has 0 bridgehead atoms. The van der Waals surface area contributed by atoms with Crippen molar-refractivity contribution in [2.45, 2.75) is 13.8 Å². The second-order valence-corrected chi connectivity index (χ2v) is 6.26. The van der Waals surface area contributed by atoms with Crippen LogP contribution in [0.15, 0.2) is 42.5 Å². The van der Waals surface area contributed by atoms with Crippen molar-refractivity contribution in [1.29, 1.82) is 0 Å². The number of halogens is 1. The van der Waals surface area contributed by atoms with E-state index in [1.54, 1.807) is 6.07 Å². The van der Waals surface area contributed by atoms with E-state index < -0.39 is 5.97 Å². The maximum atomic E-state index is 12.4. The molecule has 0 N–H and O–H groups in total. The van der Waals surface area contributed by atoms with Gasteiger partial charge in [-0.3, -0.25) is 0 Å². The minimum atomic E-state index is -0.408. The fourth-order valence-electron chi connectivity index (χ4n) is 2.13. The predicted octanol–water partition coefficient (Wildman–Crippen LogP) is 5.39. The molecule has 0 spiro atoms. The molecule has 3 rings (SSSR count). The van der Waals surface area contributed by atoms with Crippen molar-refractivity contribution in [1.82, 2.24) is 0 Å². The first-order chi connectivity index (χ1) is 10.1. The van der Waals surface area contributed by atoms with E-state index in [2.05, 4.69) is 0 Å². The summed E-state index contributed by atoms with van der Waals surface area (Å²) in [6.07, 6.45) is 0. The van der Waals surface area contributed by atoms with Crippen LogP contribution in [0.3, 0.4) is 0 Å². The maximum absolute atomic E-state index is 12.4. The van der Waals surface area contributed by atoms with Crippen molar-refractivity contribution < 1.29 is 9.53 Å². The number of fused-ring (bicyclic) bond motifs is 1. The Morgan fingerprint density at radius 2 is 1.86 bits per heavy atom. The summed E-state index contributed by atoms with van der Waals surface area (Å²) >= 11 is 7.65. The zero-order valence-corrected chi connectivity index (χ0v) is 13.2. The SMILES string of the molecule is Cc1cccc(OC(=O)c2sc3ccccc3c2Cl)c1C. The van der Waals surface area contributed by atoms with E-state index in [4.69, 9.17) is 16.3 Å². The summed E-state index contributed by atoms with van der Waals surface area (Å²) < 4.78 is 6.49. The number of carbonyl (C=O) groups is 1. The molecule has 0 saturated carbocycles. The van der Waals surface area contributed by atoms with E-state index in [1.807, 2.05) is 50.2 Å². The average molecular weight is 317 g/mol. The second-order valence-electron chi connectivity index (χ2n) is 4.83. The molecule has 0 atom stereocenters. The lowest BCUT2D eigenvalue weighted by Gasteiger charge is -2.08. The largest absolute Gasteiger partial charge is 0.422 e. The number of aryl methyl sites for hydroxylation is 1. The third kappa shape index (κ3) is 2.55. The van der Waals surface area contributed by atoms with E-state index in [9.17, 15) is 4.79 Å². The third-order valence-electron chi connectivity index (χ3n) is 3.48. The highest BCUT2D eigenvalue weighted by molar-refractivity contribution is 7.21. The Labute approximate surface area is 131 Å². The molecule has 2 aromatic carbocycles. The number of esters is 1. The Kier molecular flexibility index (Phi) is 3.70. The monoisotopic (exact) mass is 316 g/mol. The van der Waals surface area contributed by atoms with Crippen molar-refractivity contribution in [3.05, 3.63) is 63.5 Å². The lowest BCUT2D eigenvalue weighted by molar-refractivity contribution is 0.0739. The molecule has 0 aliphatic carbocycles. The first-order valence-corrected chi connectivity index (χ1v) is 7.73. The lowest BCUT2D eigenvalue weighted by atomic mass is 10.1. The molecule has 2 nitrogen and oxygen atoms in total. The van der Waals surface area contributed by atoms with Crippen LogP contribution in [0.25, 0.3) is 10.1 Å². The third-order valence-corrected chi connectivity index (χ3v) is 5.13. The van der Waals surface area contributed by atoms with Gasteiger partial charge >= 0.3 is 5.97 Å². The molecule has 1 aromatic heterocycles. The number of rotatable bonds is 2. The van der Waals surface area contributed by atoms with Gasteiger partial charge in [-0.15, -0.1) is 11.3 Å². The van der Waals surface area contributed by atoms with Crippen LogP contribution < -0.4 is 4.74 Å². The normalized spacial score (nSPS) is 10.8. The number of ether oxygens (including phenoxy) is 1. The van der Waals surface area contributed by atoms with Gasteiger partial charge in [-0.05, 0) is 37.1 Å². The van der Waals surface area contributed by atoms with Gasteiger partial charge in [-0.1, -0.05) is 41.9 Å². The average Bonchev–Trinajstić information content (AvgIpc) is 2.82. The van der Waals surface area contributed by atoms with E-state index in [0.29, 0.717) is 15.6 Å². The highest BCUT2D eigenvalue weighted by atomic mass is 35.5. The van der Waals surface area contributed by atoms with E-state index in [-0.39, 0.29) is 0 Å². The van der Waals surface area contributed by atoms with Crippen LogP contribution in [0.4, 0.5) is 0 Å². The van der Waals surface area contributed by atoms with Gasteiger partial charge in [0.05, 0.1) is 5.02 Å². The van der Waals surface area contributed by atoms with E-state index >= 15 is 0 Å². The molecule has 0 amide bonds. The first kappa shape index (κ1) is 14.1. The minimum Gasteiger partial charge on any atom is -0.422 e. The lowest BCUT2D eigenvalue weighted by Crippen LogP contribution is -2.08. The molecule has 0 unspecified atom stereocenters. The molecule has 0 fully saturated rings. The molecule has 21 heavy (non-hydrogen) atoms. The fraction of sp³-hybridized carbons (Fsp3) is 0.118. The van der Waals surface area contributed by atoms with Crippen LogP contribution in [0, 0.1) is 13.8 Å². The molecule has 0 saturated heterocycles. The highest BCUT2D eigenvalue weighted by Crippen LogP contribution is 2.36. The molecule has 3 aromatic rings. The summed E-state index contributed by atoms with van der Waals surface area (Å²) in [5.74, 6) is 0.170. The Morgan fingerprint density at radius 1 is 1.10 bits per heavy atom. The molecule has 0 radical (unpaired) electrons. The zero-order chi connectivity index (χ0) is 15.0. The molecular weight excluding hydrogens is 304 g/mol. The second kappa shape index (κ2) is 5.51. The van der Waals surface area contributed by atoms with Crippen molar-refractivity contribution in [3.63, 3.8) is 0 Å². The molecule has 0 aliphatic rings. The van der Waals surface area contributed by atoms with Gasteiger partial charge in [0.1, 0.15) is 10.6 Å². The van der Waals surface area contributed by atoms with Gasteiger partial charge in [0, 0.05) is 10.1 Å². The van der Waals surface area contributed by atoms with Crippen molar-refractivity contribution in [2.24, 2.45) is 0 Å². The first-order valence-electron chi connectivity index (χ1n) is 6.53. The standard InChI is InChI=1S/C17H13ClO2S/c1-10-6-5-8-13(11(10)2)20-17(19)16-15(18)12-7-3-4-9-14(12)21-16/h3-9H,1-2H3. The number of hydrogen-bond donors (Lipinski definition) is 0. The van der Waals surface area contributed by atoms with Crippen LogP contribution in [-0.4, -0.2) is 5.97 Å². The van der Waals surface area contributed by atoms with Crippen LogP contribution in [0.5, 0.6) is 5.75 Å². The summed E-state index contributed by atoms with van der Waals surface area (Å²) in [7, 11) is 0. The molecule has 106 valence electrons. The Bertz CT molecular complexity index is 836. The van der Waals surface area contributed by atoms with Gasteiger partial charge < -0.3 is 4.74 Å². The van der Waals surface area contributed by atoms with Crippen molar-refractivity contribution >= 4 is 39.0 Å². The summed E-state index contributed by atoms with van der Waals surface area (Å²) in [5.41, 5.74) is 2.05. The summed E-state index contributed by atoms with van der Waals surface area (Å²) in [6, 6.07) is 13.3. The summed E-state index contributed by atoms with van der Waals surface area (Å²) in [6.45, 7) is 3.92. The Morgan fingerprint density at radius 3 is 2.62 bits per heavy atom. The van der Waals surface area contributed by atoms with Gasteiger partial charge in [0.25, 0.3) is 0 Å². The zero-order valence-electron chi connectivity index (χ0n) is 11.6. The molecule has 0 aliphatic heterocycles. The number of hydrogen-bond acceptors (Lipinski definition) is 3. The van der Waals surface area contributed by atoms with Crippen LogP contribution in [0.2, 0.25) is 5.02 Å². The Hall–Kier alpha value is -1.84. The van der Waals surface area contributed by atoms with Crippen LogP contribution in [-0.2, 0) is 0 Å². The minimum absolute atomic E-state index is 0.408.